The lowest BCUT2D eigenvalue weighted by Gasteiger charge is -2.20. The summed E-state index contributed by atoms with van der Waals surface area (Å²) in [6.45, 7) is 3.56. The summed E-state index contributed by atoms with van der Waals surface area (Å²) < 4.78 is 13.0. The van der Waals surface area contributed by atoms with E-state index in [9.17, 15) is 14.0 Å². The molecule has 0 bridgehead atoms. The summed E-state index contributed by atoms with van der Waals surface area (Å²) in [6.07, 6.45) is 0.611. The van der Waals surface area contributed by atoms with Crippen molar-refractivity contribution in [2.45, 2.75) is 26.3 Å². The predicted octanol–water partition coefficient (Wildman–Crippen LogP) is 3.10. The number of aliphatic carboxylic acids is 1. The minimum absolute atomic E-state index is 0.125. The number of carbonyl (C=O) groups excluding carboxylic acids is 1. The molecule has 7 heteroatoms. The number of urea groups is 1. The van der Waals surface area contributed by atoms with Gasteiger partial charge in [-0.2, -0.15) is 0 Å². The van der Waals surface area contributed by atoms with E-state index in [0.29, 0.717) is 6.42 Å². The zero-order valence-corrected chi connectivity index (χ0v) is 11.9. The number of anilines is 1. The van der Waals surface area contributed by atoms with Gasteiger partial charge in [-0.15, -0.1) is 0 Å². The summed E-state index contributed by atoms with van der Waals surface area (Å²) in [7, 11) is 0. The molecule has 0 aliphatic heterocycles. The molecule has 2 amide bonds. The highest BCUT2D eigenvalue weighted by atomic mass is 35.5. The molecule has 2 atom stereocenters. The van der Waals surface area contributed by atoms with E-state index in [1.165, 1.54) is 12.1 Å². The molecule has 0 fully saturated rings. The Balaban J connectivity index is 2.70. The van der Waals surface area contributed by atoms with Crippen molar-refractivity contribution in [1.82, 2.24) is 5.32 Å². The van der Waals surface area contributed by atoms with Crippen LogP contribution in [0.25, 0.3) is 0 Å². The van der Waals surface area contributed by atoms with Crippen LogP contribution in [0.15, 0.2) is 18.2 Å². The van der Waals surface area contributed by atoms with Crippen molar-refractivity contribution < 1.29 is 19.1 Å². The van der Waals surface area contributed by atoms with Crippen LogP contribution in [0.3, 0.4) is 0 Å². The van der Waals surface area contributed by atoms with E-state index < -0.39 is 23.9 Å². The van der Waals surface area contributed by atoms with Gasteiger partial charge in [-0.05, 0) is 24.1 Å². The van der Waals surface area contributed by atoms with Crippen LogP contribution < -0.4 is 10.6 Å². The third-order valence-corrected chi connectivity index (χ3v) is 3.23. The van der Waals surface area contributed by atoms with E-state index in [-0.39, 0.29) is 16.6 Å². The zero-order chi connectivity index (χ0) is 15.3. The number of carbonyl (C=O) groups is 2. The standard InChI is InChI=1S/C13H16ClFN2O3/c1-3-7(2)11(12(18)19)17-13(20)16-8-4-5-10(15)9(14)6-8/h4-7,11H,3H2,1-2H3,(H,18,19)(H2,16,17,20). The summed E-state index contributed by atoms with van der Waals surface area (Å²) in [4.78, 5) is 22.8. The van der Waals surface area contributed by atoms with Crippen molar-refractivity contribution in [3.63, 3.8) is 0 Å². The Hall–Kier alpha value is -1.82. The minimum atomic E-state index is -1.10. The van der Waals surface area contributed by atoms with Crippen molar-refractivity contribution in [1.29, 1.82) is 0 Å². The molecule has 2 unspecified atom stereocenters. The second-order valence-corrected chi connectivity index (χ2v) is 4.84. The Kier molecular flexibility index (Phi) is 5.76. The topological polar surface area (TPSA) is 78.4 Å². The zero-order valence-electron chi connectivity index (χ0n) is 11.1. The lowest BCUT2D eigenvalue weighted by molar-refractivity contribution is -0.140. The van der Waals surface area contributed by atoms with Gasteiger partial charge in [0.25, 0.3) is 0 Å². The molecule has 0 radical (unpaired) electrons. The summed E-state index contributed by atoms with van der Waals surface area (Å²) in [5, 5.41) is 13.7. The van der Waals surface area contributed by atoms with Gasteiger partial charge in [0.1, 0.15) is 11.9 Å². The van der Waals surface area contributed by atoms with Gasteiger partial charge in [0.2, 0.25) is 0 Å². The van der Waals surface area contributed by atoms with Crippen LogP contribution in [0.1, 0.15) is 20.3 Å². The predicted molar refractivity (Wildman–Crippen MR) is 74.4 cm³/mol. The van der Waals surface area contributed by atoms with Crippen LogP contribution in [0.2, 0.25) is 5.02 Å². The minimum Gasteiger partial charge on any atom is -0.480 e. The molecule has 0 aliphatic carbocycles. The Morgan fingerprint density at radius 1 is 1.45 bits per heavy atom. The average Bonchev–Trinajstić information content (AvgIpc) is 2.39. The Bertz CT molecular complexity index is 510. The molecule has 0 heterocycles. The van der Waals surface area contributed by atoms with Crippen LogP contribution in [0.5, 0.6) is 0 Å². The molecule has 0 saturated heterocycles. The number of nitrogens with one attached hydrogen (secondary N) is 2. The molecule has 1 aromatic rings. The van der Waals surface area contributed by atoms with Crippen LogP contribution >= 0.6 is 11.6 Å². The van der Waals surface area contributed by atoms with Crippen LogP contribution in [0.4, 0.5) is 14.9 Å². The number of hydrogen-bond acceptors (Lipinski definition) is 2. The van der Waals surface area contributed by atoms with Gasteiger partial charge in [-0.1, -0.05) is 31.9 Å². The second kappa shape index (κ2) is 7.09. The molecule has 110 valence electrons. The van der Waals surface area contributed by atoms with Gasteiger partial charge in [0.05, 0.1) is 5.02 Å². The number of benzene rings is 1. The molecule has 3 N–H and O–H groups in total. The van der Waals surface area contributed by atoms with Gasteiger partial charge < -0.3 is 15.7 Å². The lowest BCUT2D eigenvalue weighted by atomic mass is 9.99. The van der Waals surface area contributed by atoms with E-state index in [0.717, 1.165) is 6.07 Å². The number of carboxylic acid groups (broad SMARTS) is 1. The van der Waals surface area contributed by atoms with Gasteiger partial charge in [-0.25, -0.2) is 14.0 Å². The third kappa shape index (κ3) is 4.38. The third-order valence-electron chi connectivity index (χ3n) is 2.94. The molecule has 0 spiro atoms. The smallest absolute Gasteiger partial charge is 0.326 e. The second-order valence-electron chi connectivity index (χ2n) is 4.43. The molecule has 1 rings (SSSR count). The molecular formula is C13H16ClFN2O3. The summed E-state index contributed by atoms with van der Waals surface area (Å²) in [5.41, 5.74) is 0.280. The molecule has 0 aromatic heterocycles. The Morgan fingerprint density at radius 2 is 2.10 bits per heavy atom. The quantitative estimate of drug-likeness (QED) is 0.782. The normalized spacial score (nSPS) is 13.4. The maximum absolute atomic E-state index is 13.0. The number of halogens is 2. The van der Waals surface area contributed by atoms with Gasteiger partial charge in [0.15, 0.2) is 0 Å². The maximum Gasteiger partial charge on any atom is 0.326 e. The first-order chi connectivity index (χ1) is 9.35. The highest BCUT2D eigenvalue weighted by Crippen LogP contribution is 2.19. The number of rotatable bonds is 5. The summed E-state index contributed by atoms with van der Waals surface area (Å²) in [5.74, 6) is -1.91. The van der Waals surface area contributed by atoms with Crippen molar-refractivity contribution in [2.75, 3.05) is 5.32 Å². The number of hydrogen-bond donors (Lipinski definition) is 3. The van der Waals surface area contributed by atoms with E-state index in [1.807, 2.05) is 6.92 Å². The molecule has 5 nitrogen and oxygen atoms in total. The Morgan fingerprint density at radius 3 is 2.60 bits per heavy atom. The van der Waals surface area contributed by atoms with E-state index in [1.54, 1.807) is 6.92 Å². The van der Waals surface area contributed by atoms with E-state index >= 15 is 0 Å². The van der Waals surface area contributed by atoms with Crippen LogP contribution in [-0.4, -0.2) is 23.1 Å². The highest BCUT2D eigenvalue weighted by Gasteiger charge is 2.25. The highest BCUT2D eigenvalue weighted by molar-refractivity contribution is 6.31. The largest absolute Gasteiger partial charge is 0.480 e. The molecule has 0 saturated carbocycles. The molecule has 1 aromatic carbocycles. The van der Waals surface area contributed by atoms with Gasteiger partial charge >= 0.3 is 12.0 Å². The molecule has 0 aliphatic rings. The number of amides is 2. The Labute approximate surface area is 121 Å². The van der Waals surface area contributed by atoms with Crippen molar-refractivity contribution >= 4 is 29.3 Å². The molecular weight excluding hydrogens is 287 g/mol. The fraction of sp³-hybridized carbons (Fsp3) is 0.385. The monoisotopic (exact) mass is 302 g/mol. The fourth-order valence-corrected chi connectivity index (χ4v) is 1.75. The van der Waals surface area contributed by atoms with Crippen molar-refractivity contribution in [3.8, 4) is 0 Å². The van der Waals surface area contributed by atoms with Gasteiger partial charge in [0, 0.05) is 5.69 Å². The van der Waals surface area contributed by atoms with Crippen LogP contribution in [0, 0.1) is 11.7 Å². The van der Waals surface area contributed by atoms with Crippen LogP contribution in [-0.2, 0) is 4.79 Å². The summed E-state index contributed by atoms with van der Waals surface area (Å²) >= 11 is 5.59. The van der Waals surface area contributed by atoms with Crippen molar-refractivity contribution in [2.24, 2.45) is 5.92 Å². The van der Waals surface area contributed by atoms with E-state index in [4.69, 9.17) is 16.7 Å². The molecule has 20 heavy (non-hydrogen) atoms. The first-order valence-corrected chi connectivity index (χ1v) is 6.48. The fourth-order valence-electron chi connectivity index (χ4n) is 1.57. The number of carboxylic acids is 1. The van der Waals surface area contributed by atoms with Crippen molar-refractivity contribution in [3.05, 3.63) is 29.0 Å². The maximum atomic E-state index is 13.0. The SMILES string of the molecule is CCC(C)C(NC(=O)Nc1ccc(F)c(Cl)c1)C(=O)O. The van der Waals surface area contributed by atoms with E-state index in [2.05, 4.69) is 10.6 Å². The first-order valence-electron chi connectivity index (χ1n) is 6.10. The first kappa shape index (κ1) is 16.2. The lowest BCUT2D eigenvalue weighted by Crippen LogP contribution is -2.46. The van der Waals surface area contributed by atoms with Gasteiger partial charge in [-0.3, -0.25) is 0 Å². The average molecular weight is 303 g/mol. The summed E-state index contributed by atoms with van der Waals surface area (Å²) in [6, 6.07) is 2.02.